The van der Waals surface area contributed by atoms with Crippen LogP contribution in [0.2, 0.25) is 0 Å². The number of unbranched alkanes of at least 4 members (excludes halogenated alkanes) is 26. The van der Waals surface area contributed by atoms with Crippen molar-refractivity contribution in [1.82, 2.24) is 0 Å². The zero-order chi connectivity index (χ0) is 55.8. The SMILES string of the molecule is CC/C=C\C/C=C\C/C=C\C/C=C\C/C=C\CCCC(=O)OC(COCCCCCCCCCCCCCCCCCCCCCCCCCCCC)COC1OC(COC2OC(CO)C(O)C(O)C2O)C(O)C(O)C1O. The van der Waals surface area contributed by atoms with Crippen molar-refractivity contribution in [3.63, 3.8) is 0 Å². The fourth-order valence-corrected chi connectivity index (χ4v) is 9.62. The van der Waals surface area contributed by atoms with E-state index >= 15 is 0 Å². The van der Waals surface area contributed by atoms with Crippen molar-refractivity contribution in [2.75, 3.05) is 33.0 Å². The lowest BCUT2D eigenvalue weighted by Gasteiger charge is -2.42. The molecule has 2 aliphatic rings. The highest BCUT2D eigenvalue weighted by Crippen LogP contribution is 2.27. The second-order valence-corrected chi connectivity index (χ2v) is 21.5. The fraction of sp³-hybridized carbons (Fsp3) is 0.825. The van der Waals surface area contributed by atoms with Crippen LogP contribution < -0.4 is 0 Å². The molecule has 2 aliphatic heterocycles. The van der Waals surface area contributed by atoms with E-state index in [2.05, 4.69) is 74.6 Å². The number of allylic oxidation sites excluding steroid dienone is 10. The van der Waals surface area contributed by atoms with Gasteiger partial charge in [-0.05, 0) is 51.4 Å². The Hall–Kier alpha value is -2.31. The van der Waals surface area contributed by atoms with Gasteiger partial charge in [-0.1, -0.05) is 235 Å². The average molecular weight is 1090 g/mol. The number of hydrogen-bond acceptors (Lipinski definition) is 14. The number of aliphatic hydroxyl groups is 7. The number of rotatable bonds is 50. The molecule has 11 unspecified atom stereocenters. The van der Waals surface area contributed by atoms with Crippen molar-refractivity contribution in [2.45, 2.75) is 300 Å². The zero-order valence-electron chi connectivity index (χ0n) is 48.2. The van der Waals surface area contributed by atoms with Gasteiger partial charge >= 0.3 is 5.97 Å². The predicted molar refractivity (Wildman–Crippen MR) is 307 cm³/mol. The van der Waals surface area contributed by atoms with E-state index in [9.17, 15) is 40.5 Å². The van der Waals surface area contributed by atoms with E-state index in [1.165, 1.54) is 148 Å². The minimum absolute atomic E-state index is 0.0393. The third-order valence-electron chi connectivity index (χ3n) is 14.5. The van der Waals surface area contributed by atoms with Crippen molar-refractivity contribution >= 4 is 5.97 Å². The lowest BCUT2D eigenvalue weighted by Crippen LogP contribution is -2.61. The molecule has 7 N–H and O–H groups in total. The Bertz CT molecular complexity index is 1500. The van der Waals surface area contributed by atoms with Gasteiger partial charge in [0.2, 0.25) is 0 Å². The highest BCUT2D eigenvalue weighted by atomic mass is 16.7. The molecule has 448 valence electrons. The van der Waals surface area contributed by atoms with Crippen LogP contribution in [0.4, 0.5) is 0 Å². The van der Waals surface area contributed by atoms with Gasteiger partial charge in [-0.3, -0.25) is 4.79 Å². The Labute approximate surface area is 466 Å². The lowest BCUT2D eigenvalue weighted by molar-refractivity contribution is -0.332. The molecule has 0 aromatic heterocycles. The quantitative estimate of drug-likeness (QED) is 0.0172. The number of hydrogen-bond donors (Lipinski definition) is 7. The highest BCUT2D eigenvalue weighted by Gasteiger charge is 2.47. The molecule has 0 aromatic carbocycles. The van der Waals surface area contributed by atoms with Crippen LogP contribution in [0, 0.1) is 0 Å². The topological polar surface area (TPSA) is 214 Å². The van der Waals surface area contributed by atoms with Crippen LogP contribution in [0.15, 0.2) is 60.8 Å². The van der Waals surface area contributed by atoms with Crippen molar-refractivity contribution in [3.05, 3.63) is 60.8 Å². The summed E-state index contributed by atoms with van der Waals surface area (Å²) in [5.74, 6) is -0.429. The average Bonchev–Trinajstić information content (AvgIpc) is 3.43. The molecule has 2 fully saturated rings. The Morgan fingerprint density at radius 1 is 0.442 bits per heavy atom. The maximum atomic E-state index is 13.1. The smallest absolute Gasteiger partial charge is 0.306 e. The summed E-state index contributed by atoms with van der Waals surface area (Å²) >= 11 is 0. The summed E-state index contributed by atoms with van der Waals surface area (Å²) in [7, 11) is 0. The monoisotopic (exact) mass is 1090 g/mol. The maximum Gasteiger partial charge on any atom is 0.306 e. The Kier molecular flexibility index (Phi) is 45.5. The van der Waals surface area contributed by atoms with Crippen LogP contribution >= 0.6 is 0 Å². The van der Waals surface area contributed by atoms with Gasteiger partial charge in [0.15, 0.2) is 12.6 Å². The molecular weight excluding hydrogens is 981 g/mol. The Morgan fingerprint density at radius 3 is 1.27 bits per heavy atom. The van der Waals surface area contributed by atoms with E-state index < -0.39 is 86.7 Å². The first kappa shape index (κ1) is 70.8. The standard InChI is InChI=1S/C63H112O14/c1-3-5-7-9-11-13-15-17-19-21-22-23-24-25-26-27-28-29-31-33-35-37-39-41-43-45-47-72-49-52(75-55(65)46-44-42-40-38-36-34-32-30-20-18-16-14-12-10-8-6-4-2)50-73-62-61(71)59(69)57(67)54(77-62)51-74-63-60(70)58(68)56(66)53(48-64)76-63/h6,8,12,14,18,20,32,34,38,40,52-54,56-64,66-71H,3-5,7,9-11,13,15-17,19,21-31,33,35-37,39,41-51H2,1-2H3/b8-6-,14-12-,20-18-,34-32-,40-38-. The van der Waals surface area contributed by atoms with Gasteiger partial charge in [-0.15, -0.1) is 0 Å². The third-order valence-corrected chi connectivity index (χ3v) is 14.5. The molecule has 11 atom stereocenters. The molecule has 0 bridgehead atoms. The molecule has 77 heavy (non-hydrogen) atoms. The second-order valence-electron chi connectivity index (χ2n) is 21.5. The van der Waals surface area contributed by atoms with Gasteiger partial charge in [0, 0.05) is 13.0 Å². The summed E-state index contributed by atoms with van der Waals surface area (Å²) in [5.41, 5.74) is 0. The van der Waals surface area contributed by atoms with E-state index in [0.29, 0.717) is 19.4 Å². The van der Waals surface area contributed by atoms with Crippen molar-refractivity contribution in [1.29, 1.82) is 0 Å². The predicted octanol–water partition coefficient (Wildman–Crippen LogP) is 11.6. The van der Waals surface area contributed by atoms with Crippen molar-refractivity contribution in [2.24, 2.45) is 0 Å². The molecular formula is C63H112O14. The summed E-state index contributed by atoms with van der Waals surface area (Å²) in [4.78, 5) is 13.1. The van der Waals surface area contributed by atoms with Gasteiger partial charge in [-0.25, -0.2) is 0 Å². The largest absolute Gasteiger partial charge is 0.457 e. The first-order valence-corrected chi connectivity index (χ1v) is 30.9. The number of carbonyl (C=O) groups is 1. The molecule has 14 nitrogen and oxygen atoms in total. The maximum absolute atomic E-state index is 13.1. The van der Waals surface area contributed by atoms with Crippen LogP contribution in [-0.4, -0.2) is 142 Å². The van der Waals surface area contributed by atoms with Crippen LogP contribution in [0.3, 0.4) is 0 Å². The van der Waals surface area contributed by atoms with Crippen molar-refractivity contribution < 1.29 is 69.0 Å². The van der Waals surface area contributed by atoms with Gasteiger partial charge < -0.3 is 64.2 Å². The van der Waals surface area contributed by atoms with E-state index in [1.807, 2.05) is 0 Å². The summed E-state index contributed by atoms with van der Waals surface area (Å²) in [6, 6.07) is 0. The third kappa shape index (κ3) is 35.9. The minimum Gasteiger partial charge on any atom is -0.457 e. The molecule has 0 radical (unpaired) electrons. The van der Waals surface area contributed by atoms with Crippen LogP contribution in [0.25, 0.3) is 0 Å². The molecule has 2 heterocycles. The molecule has 2 saturated heterocycles. The minimum atomic E-state index is -1.72. The fourth-order valence-electron chi connectivity index (χ4n) is 9.62. The normalized spacial score (nSPS) is 24.7. The van der Waals surface area contributed by atoms with Gasteiger partial charge in [0.1, 0.15) is 54.9 Å². The van der Waals surface area contributed by atoms with E-state index in [1.54, 1.807) is 0 Å². The van der Waals surface area contributed by atoms with Crippen LogP contribution in [0.1, 0.15) is 232 Å². The van der Waals surface area contributed by atoms with Crippen molar-refractivity contribution in [3.8, 4) is 0 Å². The van der Waals surface area contributed by atoms with E-state index in [4.69, 9.17) is 28.4 Å². The molecule has 0 amide bonds. The first-order valence-electron chi connectivity index (χ1n) is 30.9. The molecule has 0 aliphatic carbocycles. The van der Waals surface area contributed by atoms with E-state index in [-0.39, 0.29) is 19.6 Å². The summed E-state index contributed by atoms with van der Waals surface area (Å²) in [6.45, 7) is 3.53. The first-order chi connectivity index (χ1) is 37.6. The van der Waals surface area contributed by atoms with E-state index in [0.717, 1.165) is 51.4 Å². The summed E-state index contributed by atoms with van der Waals surface area (Å²) in [5, 5.41) is 72.4. The lowest BCUT2D eigenvalue weighted by atomic mass is 9.98. The Balaban J connectivity index is 1.68. The molecule has 0 aromatic rings. The number of esters is 1. The van der Waals surface area contributed by atoms with Crippen LogP contribution in [-0.2, 0) is 33.2 Å². The molecule has 14 heteroatoms. The zero-order valence-corrected chi connectivity index (χ0v) is 48.2. The number of ether oxygens (including phenoxy) is 6. The van der Waals surface area contributed by atoms with Gasteiger partial charge in [-0.2, -0.15) is 0 Å². The Morgan fingerprint density at radius 2 is 0.831 bits per heavy atom. The van der Waals surface area contributed by atoms with Crippen LogP contribution in [0.5, 0.6) is 0 Å². The van der Waals surface area contributed by atoms with Gasteiger partial charge in [0.25, 0.3) is 0 Å². The molecule has 0 saturated carbocycles. The molecule has 2 rings (SSSR count). The number of carbonyl (C=O) groups excluding carboxylic acids is 1. The highest BCUT2D eigenvalue weighted by molar-refractivity contribution is 5.69. The molecule has 0 spiro atoms. The summed E-state index contributed by atoms with van der Waals surface area (Å²) < 4.78 is 34.4. The van der Waals surface area contributed by atoms with Gasteiger partial charge in [0.05, 0.1) is 26.4 Å². The second kappa shape index (κ2) is 49.5. The summed E-state index contributed by atoms with van der Waals surface area (Å²) in [6.07, 6.45) is 45.9. The number of aliphatic hydroxyl groups excluding tert-OH is 7.